The van der Waals surface area contributed by atoms with E-state index in [-0.39, 0.29) is 12.4 Å². The van der Waals surface area contributed by atoms with E-state index in [0.717, 1.165) is 10.3 Å². The van der Waals surface area contributed by atoms with Crippen LogP contribution in [0.25, 0.3) is 11.2 Å². The zero-order chi connectivity index (χ0) is 21.7. The van der Waals surface area contributed by atoms with Gasteiger partial charge in [0.25, 0.3) is 5.56 Å². The van der Waals surface area contributed by atoms with Gasteiger partial charge in [0.05, 0.1) is 19.3 Å². The highest BCUT2D eigenvalue weighted by molar-refractivity contribution is 5.79. The summed E-state index contributed by atoms with van der Waals surface area (Å²) in [5.74, 6) is 0.918. The summed E-state index contributed by atoms with van der Waals surface area (Å²) in [6.07, 6.45) is 0. The maximum atomic E-state index is 13.3. The van der Waals surface area contributed by atoms with Crippen LogP contribution in [0.5, 0.6) is 5.75 Å². The van der Waals surface area contributed by atoms with E-state index in [1.165, 1.54) is 16.7 Å². The van der Waals surface area contributed by atoms with Gasteiger partial charge in [-0.2, -0.15) is 4.98 Å². The summed E-state index contributed by atoms with van der Waals surface area (Å²) in [5, 5.41) is 0. The van der Waals surface area contributed by atoms with Gasteiger partial charge in [-0.15, -0.1) is 0 Å². The fourth-order valence-electron chi connectivity index (χ4n) is 4.07. The number of halogens is 1. The maximum absolute atomic E-state index is 13.3. The standard InChI is InChI=1S/C22H20FN5O3/c1-25-19-18(20(29)28(22(25)30)13-14-7-9-15(23)10-8-14)27-12-11-26(21(27)24-19)16-5-3-4-6-17(16)31-2/h3-10H,11-13H2,1-2H3. The predicted octanol–water partition coefficient (Wildman–Crippen LogP) is 2.24. The first-order chi connectivity index (χ1) is 15.0. The molecular weight excluding hydrogens is 401 g/mol. The van der Waals surface area contributed by atoms with E-state index < -0.39 is 11.2 Å². The van der Waals surface area contributed by atoms with Crippen molar-refractivity contribution in [3.8, 4) is 5.75 Å². The Balaban J connectivity index is 1.67. The number of hydrogen-bond donors (Lipinski definition) is 0. The number of aromatic nitrogens is 4. The molecule has 9 heteroatoms. The van der Waals surface area contributed by atoms with Crippen LogP contribution in [0.2, 0.25) is 0 Å². The Morgan fingerprint density at radius 1 is 1.06 bits per heavy atom. The number of para-hydroxylation sites is 2. The molecule has 158 valence electrons. The average molecular weight is 421 g/mol. The number of benzene rings is 2. The fraction of sp³-hybridized carbons (Fsp3) is 0.227. The van der Waals surface area contributed by atoms with Crippen LogP contribution in [-0.2, 0) is 20.1 Å². The summed E-state index contributed by atoms with van der Waals surface area (Å²) in [6, 6.07) is 13.3. The minimum Gasteiger partial charge on any atom is -0.495 e. The van der Waals surface area contributed by atoms with Crippen molar-refractivity contribution in [1.29, 1.82) is 0 Å². The molecule has 0 saturated carbocycles. The van der Waals surface area contributed by atoms with Gasteiger partial charge in [0.15, 0.2) is 11.2 Å². The van der Waals surface area contributed by atoms with E-state index in [1.54, 1.807) is 26.3 Å². The Kier molecular flexibility index (Phi) is 4.39. The van der Waals surface area contributed by atoms with E-state index in [1.807, 2.05) is 33.7 Å². The molecule has 1 aliphatic rings. The second-order valence-corrected chi connectivity index (χ2v) is 7.42. The van der Waals surface area contributed by atoms with Crippen LogP contribution >= 0.6 is 0 Å². The number of fused-ring (bicyclic) bond motifs is 3. The van der Waals surface area contributed by atoms with Crippen molar-refractivity contribution in [2.24, 2.45) is 7.05 Å². The molecule has 31 heavy (non-hydrogen) atoms. The van der Waals surface area contributed by atoms with E-state index in [4.69, 9.17) is 4.74 Å². The van der Waals surface area contributed by atoms with Crippen LogP contribution in [0.4, 0.5) is 16.0 Å². The molecule has 0 saturated heterocycles. The van der Waals surface area contributed by atoms with E-state index in [0.29, 0.717) is 41.5 Å². The first kappa shape index (κ1) is 19.1. The highest BCUT2D eigenvalue weighted by Gasteiger charge is 2.30. The van der Waals surface area contributed by atoms with Gasteiger partial charge in [0, 0.05) is 20.1 Å². The molecule has 0 unspecified atom stereocenters. The molecule has 0 N–H and O–H groups in total. The highest BCUT2D eigenvalue weighted by Crippen LogP contribution is 2.36. The molecule has 0 amide bonds. The molecular formula is C22H20FN5O3. The Morgan fingerprint density at radius 3 is 2.55 bits per heavy atom. The quantitative estimate of drug-likeness (QED) is 0.505. The third kappa shape index (κ3) is 2.92. The van der Waals surface area contributed by atoms with Crippen molar-refractivity contribution in [1.82, 2.24) is 18.7 Å². The average Bonchev–Trinajstić information content (AvgIpc) is 3.36. The molecule has 4 aromatic rings. The molecule has 1 aliphatic heterocycles. The van der Waals surface area contributed by atoms with Crippen molar-refractivity contribution >= 4 is 22.8 Å². The minimum atomic E-state index is -0.470. The summed E-state index contributed by atoms with van der Waals surface area (Å²) in [6.45, 7) is 1.23. The Bertz CT molecular complexity index is 1420. The molecule has 2 aromatic carbocycles. The summed E-state index contributed by atoms with van der Waals surface area (Å²) in [5.41, 5.74) is 1.33. The van der Waals surface area contributed by atoms with Crippen molar-refractivity contribution in [2.75, 3.05) is 18.6 Å². The van der Waals surface area contributed by atoms with Crippen molar-refractivity contribution < 1.29 is 9.13 Å². The summed E-state index contributed by atoms with van der Waals surface area (Å²) in [7, 11) is 3.21. The van der Waals surface area contributed by atoms with Crippen LogP contribution in [0, 0.1) is 5.82 Å². The summed E-state index contributed by atoms with van der Waals surface area (Å²) >= 11 is 0. The van der Waals surface area contributed by atoms with Gasteiger partial charge in [-0.3, -0.25) is 13.9 Å². The molecule has 8 nitrogen and oxygen atoms in total. The number of ether oxygens (including phenoxy) is 1. The normalized spacial score (nSPS) is 13.1. The Labute approximate surface area is 176 Å². The fourth-order valence-corrected chi connectivity index (χ4v) is 4.07. The zero-order valence-electron chi connectivity index (χ0n) is 17.1. The lowest BCUT2D eigenvalue weighted by molar-refractivity contribution is 0.415. The van der Waals surface area contributed by atoms with Gasteiger partial charge in [0.2, 0.25) is 5.95 Å². The van der Waals surface area contributed by atoms with E-state index in [9.17, 15) is 14.0 Å². The van der Waals surface area contributed by atoms with Gasteiger partial charge in [0.1, 0.15) is 11.6 Å². The second-order valence-electron chi connectivity index (χ2n) is 7.42. The molecule has 0 aliphatic carbocycles. The van der Waals surface area contributed by atoms with Gasteiger partial charge < -0.3 is 14.2 Å². The number of imidazole rings is 1. The Morgan fingerprint density at radius 2 is 1.81 bits per heavy atom. The monoisotopic (exact) mass is 421 g/mol. The lowest BCUT2D eigenvalue weighted by Crippen LogP contribution is -2.40. The second kappa shape index (κ2) is 7.12. The number of rotatable bonds is 4. The first-order valence-electron chi connectivity index (χ1n) is 9.84. The van der Waals surface area contributed by atoms with Gasteiger partial charge >= 0.3 is 5.69 Å². The Hall–Kier alpha value is -3.88. The smallest absolute Gasteiger partial charge is 0.332 e. The van der Waals surface area contributed by atoms with Crippen molar-refractivity contribution in [2.45, 2.75) is 13.1 Å². The van der Waals surface area contributed by atoms with Gasteiger partial charge in [-0.05, 0) is 29.8 Å². The summed E-state index contributed by atoms with van der Waals surface area (Å²) in [4.78, 5) is 32.9. The van der Waals surface area contributed by atoms with Crippen molar-refractivity contribution in [3.63, 3.8) is 0 Å². The van der Waals surface area contributed by atoms with Crippen LogP contribution in [-0.4, -0.2) is 32.3 Å². The highest BCUT2D eigenvalue weighted by atomic mass is 19.1. The zero-order valence-corrected chi connectivity index (χ0v) is 17.1. The van der Waals surface area contributed by atoms with Crippen LogP contribution in [0.1, 0.15) is 5.56 Å². The number of anilines is 2. The third-order valence-corrected chi connectivity index (χ3v) is 5.63. The largest absolute Gasteiger partial charge is 0.495 e. The van der Waals surface area contributed by atoms with Crippen LogP contribution in [0.3, 0.4) is 0 Å². The molecule has 0 bridgehead atoms. The first-order valence-corrected chi connectivity index (χ1v) is 9.84. The molecule has 0 atom stereocenters. The predicted molar refractivity (Wildman–Crippen MR) is 115 cm³/mol. The maximum Gasteiger partial charge on any atom is 0.332 e. The molecule has 0 radical (unpaired) electrons. The summed E-state index contributed by atoms with van der Waals surface area (Å²) < 4.78 is 23.1. The van der Waals surface area contributed by atoms with Crippen LogP contribution in [0.15, 0.2) is 58.1 Å². The topological polar surface area (TPSA) is 74.3 Å². The van der Waals surface area contributed by atoms with Crippen molar-refractivity contribution in [3.05, 3.63) is 80.7 Å². The molecule has 0 fully saturated rings. The van der Waals surface area contributed by atoms with Crippen LogP contribution < -0.4 is 20.9 Å². The lowest BCUT2D eigenvalue weighted by atomic mass is 10.2. The molecule has 3 heterocycles. The number of methoxy groups -OCH3 is 1. The third-order valence-electron chi connectivity index (χ3n) is 5.63. The molecule has 2 aromatic heterocycles. The molecule has 0 spiro atoms. The number of aryl methyl sites for hydroxylation is 1. The van der Waals surface area contributed by atoms with Gasteiger partial charge in [-0.1, -0.05) is 24.3 Å². The molecule has 5 rings (SSSR count). The van der Waals surface area contributed by atoms with Gasteiger partial charge in [-0.25, -0.2) is 9.18 Å². The number of nitrogens with zero attached hydrogens (tertiary/aromatic N) is 5. The number of hydrogen-bond acceptors (Lipinski definition) is 5. The SMILES string of the molecule is COc1ccccc1N1CCn2c1nc1c2c(=O)n(Cc2ccc(F)cc2)c(=O)n1C. The van der Waals surface area contributed by atoms with E-state index >= 15 is 0 Å². The van der Waals surface area contributed by atoms with E-state index in [2.05, 4.69) is 4.98 Å². The lowest BCUT2D eigenvalue weighted by Gasteiger charge is -2.18. The minimum absolute atomic E-state index is 0.0540.